The van der Waals surface area contributed by atoms with Crippen molar-refractivity contribution in [2.45, 2.75) is 26.9 Å². The number of aliphatic hydroxyl groups excluding tert-OH is 1. The Hall–Kier alpha value is -1.31. The van der Waals surface area contributed by atoms with Crippen molar-refractivity contribution >= 4 is 11.6 Å². The summed E-state index contributed by atoms with van der Waals surface area (Å²) in [4.78, 5) is 0. The van der Waals surface area contributed by atoms with E-state index in [2.05, 4.69) is 38.1 Å². The smallest absolute Gasteiger partial charge is 0.0687 e. The van der Waals surface area contributed by atoms with Crippen LogP contribution in [0.4, 0.5) is 0 Å². The molecule has 2 aromatic rings. The van der Waals surface area contributed by atoms with Gasteiger partial charge in [0.2, 0.25) is 0 Å². The monoisotopic (exact) mass is 274 g/mol. The van der Waals surface area contributed by atoms with Crippen LogP contribution in [-0.2, 0) is 13.0 Å². The van der Waals surface area contributed by atoms with Gasteiger partial charge in [-0.2, -0.15) is 0 Å². The van der Waals surface area contributed by atoms with E-state index in [0.717, 1.165) is 23.1 Å². The maximum Gasteiger partial charge on any atom is 0.0687 e. The van der Waals surface area contributed by atoms with Crippen LogP contribution in [-0.4, -0.2) is 5.11 Å². The minimum absolute atomic E-state index is 0.0280. The number of halogens is 1. The van der Waals surface area contributed by atoms with E-state index in [1.165, 1.54) is 5.56 Å². The molecule has 0 aliphatic carbocycles. The molecule has 2 rings (SSSR count). The maximum atomic E-state index is 9.40. The molecule has 2 heteroatoms. The molecule has 0 radical (unpaired) electrons. The highest BCUT2D eigenvalue weighted by Gasteiger charge is 2.06. The van der Waals surface area contributed by atoms with Gasteiger partial charge in [0.25, 0.3) is 0 Å². The standard InChI is InChI=1S/C17H19ClO/c1-12(2)9-13-3-5-14(6-4-13)17-10-16(18)8-7-15(17)11-19/h3-8,10,12,19H,9,11H2,1-2H3. The normalized spacial score (nSPS) is 11.0. The van der Waals surface area contributed by atoms with E-state index in [4.69, 9.17) is 11.6 Å². The number of aliphatic hydroxyl groups is 1. The maximum absolute atomic E-state index is 9.40. The summed E-state index contributed by atoms with van der Waals surface area (Å²) in [7, 11) is 0. The van der Waals surface area contributed by atoms with E-state index in [1.54, 1.807) is 0 Å². The van der Waals surface area contributed by atoms with Crippen LogP contribution >= 0.6 is 11.6 Å². The molecule has 100 valence electrons. The van der Waals surface area contributed by atoms with Crippen LogP contribution in [0.5, 0.6) is 0 Å². The average Bonchev–Trinajstić information content (AvgIpc) is 2.39. The molecule has 0 aromatic heterocycles. The Morgan fingerprint density at radius 2 is 1.74 bits per heavy atom. The second kappa shape index (κ2) is 6.23. The van der Waals surface area contributed by atoms with Crippen LogP contribution in [0.2, 0.25) is 5.02 Å². The molecule has 1 N–H and O–H groups in total. The van der Waals surface area contributed by atoms with Crippen LogP contribution in [0, 0.1) is 5.92 Å². The second-order valence-electron chi connectivity index (χ2n) is 5.25. The molecule has 0 spiro atoms. The summed E-state index contributed by atoms with van der Waals surface area (Å²) in [5, 5.41) is 10.1. The Bertz CT molecular complexity index is 544. The van der Waals surface area contributed by atoms with Crippen LogP contribution in [0.15, 0.2) is 42.5 Å². The molecule has 2 aromatic carbocycles. The minimum atomic E-state index is 0.0280. The van der Waals surface area contributed by atoms with Gasteiger partial charge in [0.15, 0.2) is 0 Å². The molecule has 0 saturated carbocycles. The molecule has 0 amide bonds. The quantitative estimate of drug-likeness (QED) is 0.857. The molecular formula is C17H19ClO. The summed E-state index contributed by atoms with van der Waals surface area (Å²) < 4.78 is 0. The lowest BCUT2D eigenvalue weighted by atomic mass is 9.96. The first-order valence-electron chi connectivity index (χ1n) is 6.58. The summed E-state index contributed by atoms with van der Waals surface area (Å²) >= 11 is 6.04. The summed E-state index contributed by atoms with van der Waals surface area (Å²) in [6, 6.07) is 14.1. The van der Waals surface area contributed by atoms with Crippen molar-refractivity contribution in [3.63, 3.8) is 0 Å². The van der Waals surface area contributed by atoms with Gasteiger partial charge in [-0.25, -0.2) is 0 Å². The van der Waals surface area contributed by atoms with E-state index < -0.39 is 0 Å². The zero-order valence-corrected chi connectivity index (χ0v) is 12.1. The van der Waals surface area contributed by atoms with Gasteiger partial charge in [-0.3, -0.25) is 0 Å². The van der Waals surface area contributed by atoms with Crippen LogP contribution in [0.25, 0.3) is 11.1 Å². The van der Waals surface area contributed by atoms with Gasteiger partial charge in [0, 0.05) is 5.02 Å². The Balaban J connectivity index is 2.34. The Morgan fingerprint density at radius 3 is 2.32 bits per heavy atom. The third-order valence-electron chi connectivity index (χ3n) is 3.15. The average molecular weight is 275 g/mol. The fourth-order valence-corrected chi connectivity index (χ4v) is 2.42. The van der Waals surface area contributed by atoms with E-state index in [9.17, 15) is 5.11 Å². The topological polar surface area (TPSA) is 20.2 Å². The van der Waals surface area contributed by atoms with Crippen LogP contribution in [0.3, 0.4) is 0 Å². The summed E-state index contributed by atoms with van der Waals surface area (Å²) in [6.45, 7) is 4.46. The van der Waals surface area contributed by atoms with Crippen molar-refractivity contribution in [3.8, 4) is 11.1 Å². The van der Waals surface area contributed by atoms with Gasteiger partial charge in [0.05, 0.1) is 6.61 Å². The molecule has 19 heavy (non-hydrogen) atoms. The van der Waals surface area contributed by atoms with Crippen LogP contribution < -0.4 is 0 Å². The van der Waals surface area contributed by atoms with Gasteiger partial charge < -0.3 is 5.11 Å². The van der Waals surface area contributed by atoms with Gasteiger partial charge in [0.1, 0.15) is 0 Å². The van der Waals surface area contributed by atoms with E-state index in [1.807, 2.05) is 18.2 Å². The lowest BCUT2D eigenvalue weighted by molar-refractivity contribution is 0.282. The Kier molecular flexibility index (Phi) is 4.62. The fraction of sp³-hybridized carbons (Fsp3) is 0.294. The van der Waals surface area contributed by atoms with Gasteiger partial charge >= 0.3 is 0 Å². The third-order valence-corrected chi connectivity index (χ3v) is 3.39. The first-order chi connectivity index (χ1) is 9.10. The fourth-order valence-electron chi connectivity index (χ4n) is 2.25. The Morgan fingerprint density at radius 1 is 1.05 bits per heavy atom. The zero-order chi connectivity index (χ0) is 13.8. The highest BCUT2D eigenvalue weighted by molar-refractivity contribution is 6.30. The predicted molar refractivity (Wildman–Crippen MR) is 81.4 cm³/mol. The molecule has 0 fully saturated rings. The zero-order valence-electron chi connectivity index (χ0n) is 11.4. The lowest BCUT2D eigenvalue weighted by Gasteiger charge is -2.10. The molecule has 0 aliphatic rings. The van der Waals surface area contributed by atoms with Gasteiger partial charge in [-0.1, -0.05) is 55.8 Å². The highest BCUT2D eigenvalue weighted by Crippen LogP contribution is 2.27. The van der Waals surface area contributed by atoms with E-state index in [-0.39, 0.29) is 6.61 Å². The van der Waals surface area contributed by atoms with Crippen molar-refractivity contribution in [1.82, 2.24) is 0 Å². The Labute approximate surface area is 119 Å². The molecular weight excluding hydrogens is 256 g/mol. The largest absolute Gasteiger partial charge is 0.392 e. The van der Waals surface area contributed by atoms with E-state index >= 15 is 0 Å². The van der Waals surface area contributed by atoms with Crippen molar-refractivity contribution in [1.29, 1.82) is 0 Å². The second-order valence-corrected chi connectivity index (χ2v) is 5.69. The first-order valence-corrected chi connectivity index (χ1v) is 6.96. The van der Waals surface area contributed by atoms with Crippen LogP contribution in [0.1, 0.15) is 25.0 Å². The molecule has 0 aliphatic heterocycles. The van der Waals surface area contributed by atoms with Crippen molar-refractivity contribution < 1.29 is 5.11 Å². The molecule has 0 saturated heterocycles. The SMILES string of the molecule is CC(C)Cc1ccc(-c2cc(Cl)ccc2CO)cc1. The van der Waals surface area contributed by atoms with Crippen molar-refractivity contribution in [2.75, 3.05) is 0 Å². The number of rotatable bonds is 4. The van der Waals surface area contributed by atoms with Gasteiger partial charge in [-0.05, 0) is 46.7 Å². The predicted octanol–water partition coefficient (Wildman–Crippen LogP) is 4.70. The summed E-state index contributed by atoms with van der Waals surface area (Å²) in [5.74, 6) is 0.657. The minimum Gasteiger partial charge on any atom is -0.392 e. The summed E-state index contributed by atoms with van der Waals surface area (Å²) in [6.07, 6.45) is 1.09. The lowest BCUT2D eigenvalue weighted by Crippen LogP contribution is -1.94. The number of hydrogen-bond acceptors (Lipinski definition) is 1. The van der Waals surface area contributed by atoms with Crippen molar-refractivity contribution in [3.05, 3.63) is 58.6 Å². The third kappa shape index (κ3) is 3.59. The molecule has 0 atom stereocenters. The highest BCUT2D eigenvalue weighted by atomic mass is 35.5. The summed E-state index contributed by atoms with van der Waals surface area (Å²) in [5.41, 5.74) is 4.34. The number of hydrogen-bond donors (Lipinski definition) is 1. The number of benzene rings is 2. The van der Waals surface area contributed by atoms with E-state index in [0.29, 0.717) is 10.9 Å². The molecule has 1 nitrogen and oxygen atoms in total. The van der Waals surface area contributed by atoms with Gasteiger partial charge in [-0.15, -0.1) is 0 Å². The van der Waals surface area contributed by atoms with Crippen molar-refractivity contribution in [2.24, 2.45) is 5.92 Å². The molecule has 0 bridgehead atoms. The molecule has 0 unspecified atom stereocenters. The first kappa shape index (κ1) is 14.1. The molecule has 0 heterocycles.